The number of carbonyl (C=O) groups excluding carboxylic acids is 2. The molecule has 6 rings (SSSR count). The van der Waals surface area contributed by atoms with Gasteiger partial charge in [0.2, 0.25) is 5.91 Å². The van der Waals surface area contributed by atoms with Gasteiger partial charge in [0, 0.05) is 50.2 Å². The highest BCUT2D eigenvalue weighted by Crippen LogP contribution is 2.44. The minimum atomic E-state index is -0.588. The molecule has 2 heterocycles. The van der Waals surface area contributed by atoms with Crippen LogP contribution < -0.4 is 10.2 Å². The van der Waals surface area contributed by atoms with Crippen molar-refractivity contribution in [3.63, 3.8) is 0 Å². The van der Waals surface area contributed by atoms with Crippen LogP contribution in [0.5, 0.6) is 0 Å². The van der Waals surface area contributed by atoms with Crippen LogP contribution in [0.1, 0.15) is 56.0 Å². The molecule has 4 aromatic carbocycles. The first-order chi connectivity index (χ1) is 23.7. The summed E-state index contributed by atoms with van der Waals surface area (Å²) in [4.78, 5) is 34.5. The molecule has 0 bridgehead atoms. The molecule has 2 aliphatic rings. The van der Waals surface area contributed by atoms with Crippen LogP contribution in [0.3, 0.4) is 0 Å². The number of para-hydroxylation sites is 1. The fourth-order valence-electron chi connectivity index (χ4n) is 7.19. The molecule has 7 nitrogen and oxygen atoms in total. The Kier molecular flexibility index (Phi) is 10.5. The van der Waals surface area contributed by atoms with Gasteiger partial charge in [-0.15, -0.1) is 0 Å². The van der Waals surface area contributed by atoms with Gasteiger partial charge < -0.3 is 19.9 Å². The second-order valence-corrected chi connectivity index (χ2v) is 14.1. The number of nitrogens with zero attached hydrogens (tertiary/aromatic N) is 3. The van der Waals surface area contributed by atoms with Crippen molar-refractivity contribution in [3.05, 3.63) is 149 Å². The number of benzene rings is 4. The van der Waals surface area contributed by atoms with E-state index in [1.807, 2.05) is 63.2 Å². The number of rotatable bonds is 9. The first kappa shape index (κ1) is 34.0. The van der Waals surface area contributed by atoms with Crippen molar-refractivity contribution < 1.29 is 14.3 Å². The lowest BCUT2D eigenvalue weighted by Gasteiger charge is -2.43. The van der Waals surface area contributed by atoms with E-state index in [0.717, 1.165) is 48.6 Å². The molecule has 0 aliphatic carbocycles. The fraction of sp³-hybridized carbons (Fsp3) is 0.333. The van der Waals surface area contributed by atoms with Gasteiger partial charge >= 0.3 is 6.09 Å². The molecule has 49 heavy (non-hydrogen) atoms. The monoisotopic (exact) mass is 656 g/mol. The molecule has 254 valence electrons. The molecule has 0 saturated carbocycles. The second kappa shape index (κ2) is 15.1. The molecule has 7 heteroatoms. The van der Waals surface area contributed by atoms with E-state index in [0.29, 0.717) is 13.1 Å². The van der Waals surface area contributed by atoms with Gasteiger partial charge in [-0.2, -0.15) is 0 Å². The van der Waals surface area contributed by atoms with Crippen LogP contribution >= 0.6 is 0 Å². The van der Waals surface area contributed by atoms with E-state index in [4.69, 9.17) is 4.74 Å². The average Bonchev–Trinajstić information content (AvgIpc) is 3.44. The molecule has 4 aromatic rings. The normalized spacial score (nSPS) is 19.8. The molecule has 2 unspecified atom stereocenters. The zero-order valence-electron chi connectivity index (χ0n) is 29.1. The predicted octanol–water partition coefficient (Wildman–Crippen LogP) is 7.75. The van der Waals surface area contributed by atoms with Crippen LogP contribution in [-0.2, 0) is 29.0 Å². The Balaban J connectivity index is 1.29. The van der Waals surface area contributed by atoms with Gasteiger partial charge in [-0.1, -0.05) is 115 Å². The zero-order valence-corrected chi connectivity index (χ0v) is 29.1. The summed E-state index contributed by atoms with van der Waals surface area (Å²) in [7, 11) is 0. The number of anilines is 1. The third kappa shape index (κ3) is 8.41. The summed E-state index contributed by atoms with van der Waals surface area (Å²) in [6.45, 7) is 11.1. The number of amides is 2. The van der Waals surface area contributed by atoms with Gasteiger partial charge in [0.15, 0.2) is 0 Å². The van der Waals surface area contributed by atoms with Gasteiger partial charge in [-0.05, 0) is 62.4 Å². The van der Waals surface area contributed by atoms with Crippen molar-refractivity contribution in [1.82, 2.24) is 15.1 Å². The Hall–Kier alpha value is -4.88. The molecule has 0 radical (unpaired) electrons. The number of piperazine rings is 1. The van der Waals surface area contributed by atoms with E-state index >= 15 is 0 Å². The standard InChI is InChI=1S/C42H48N4O3/c1-31-26-37(40(47)45-25-24-44(29-33-18-10-6-11-19-33)30-36(45)27-32-16-8-5-9-17-32)39(34-20-12-7-13-21-34)46(31)38-23-15-14-22-35(38)28-43-41(48)49-42(2,3)4/h5-23,26,36-37,39H,24-25,27-30H2,1-4H3,(H,43,48)/t36-,37?,39?/m1/s1. The highest BCUT2D eigenvalue weighted by Gasteiger charge is 2.43. The molecule has 0 spiro atoms. The highest BCUT2D eigenvalue weighted by atomic mass is 16.6. The molecule has 1 fully saturated rings. The maximum atomic E-state index is 15.0. The number of hydrogen-bond donors (Lipinski definition) is 1. The lowest BCUT2D eigenvalue weighted by atomic mass is 9.91. The summed E-state index contributed by atoms with van der Waals surface area (Å²) in [5.41, 5.74) is 5.93. The zero-order chi connectivity index (χ0) is 34.4. The summed E-state index contributed by atoms with van der Waals surface area (Å²) < 4.78 is 5.52. The van der Waals surface area contributed by atoms with E-state index in [-0.39, 0.29) is 23.9 Å². The van der Waals surface area contributed by atoms with Crippen molar-refractivity contribution in [2.75, 3.05) is 24.5 Å². The number of hydrogen-bond acceptors (Lipinski definition) is 5. The first-order valence-corrected chi connectivity index (χ1v) is 17.3. The number of nitrogens with one attached hydrogen (secondary N) is 1. The quantitative estimate of drug-likeness (QED) is 0.200. The topological polar surface area (TPSA) is 65.1 Å². The van der Waals surface area contributed by atoms with Crippen molar-refractivity contribution in [1.29, 1.82) is 0 Å². The minimum Gasteiger partial charge on any atom is -0.444 e. The number of carbonyl (C=O) groups is 2. The van der Waals surface area contributed by atoms with Crippen LogP contribution in [-0.4, -0.2) is 53.1 Å². The van der Waals surface area contributed by atoms with E-state index in [9.17, 15) is 9.59 Å². The van der Waals surface area contributed by atoms with Crippen molar-refractivity contribution in [2.24, 2.45) is 5.92 Å². The molecule has 1 N–H and O–H groups in total. The van der Waals surface area contributed by atoms with Crippen LogP contribution in [0.15, 0.2) is 127 Å². The SMILES string of the molecule is CC1=CC(C(=O)N2CCN(Cc3ccccc3)C[C@H]2Cc2ccccc2)C(c2ccccc2)N1c1ccccc1CNC(=O)OC(C)(C)C. The minimum absolute atomic E-state index is 0.0388. The van der Waals surface area contributed by atoms with Crippen molar-refractivity contribution in [2.45, 2.75) is 64.9 Å². The first-order valence-electron chi connectivity index (χ1n) is 17.3. The summed E-state index contributed by atoms with van der Waals surface area (Å²) in [6, 6.07) is 39.3. The predicted molar refractivity (Wildman–Crippen MR) is 196 cm³/mol. The van der Waals surface area contributed by atoms with E-state index in [2.05, 4.69) is 106 Å². The number of ether oxygens (including phenoxy) is 1. The van der Waals surface area contributed by atoms with E-state index in [1.165, 1.54) is 11.1 Å². The smallest absolute Gasteiger partial charge is 0.407 e. The molecule has 2 amide bonds. The Morgan fingerprint density at radius 3 is 2.08 bits per heavy atom. The van der Waals surface area contributed by atoms with Crippen molar-refractivity contribution in [3.8, 4) is 0 Å². The van der Waals surface area contributed by atoms with Crippen LogP contribution in [0.25, 0.3) is 0 Å². The Morgan fingerprint density at radius 2 is 1.41 bits per heavy atom. The Morgan fingerprint density at radius 1 is 0.796 bits per heavy atom. The Bertz CT molecular complexity index is 1740. The lowest BCUT2D eigenvalue weighted by molar-refractivity contribution is -0.139. The van der Waals surface area contributed by atoms with E-state index < -0.39 is 11.7 Å². The number of alkyl carbamates (subject to hydrolysis) is 1. The Labute approximate surface area is 291 Å². The third-order valence-electron chi connectivity index (χ3n) is 9.33. The summed E-state index contributed by atoms with van der Waals surface area (Å²) in [6.07, 6.45) is 2.49. The number of allylic oxidation sites excluding steroid dienone is 1. The molecule has 1 saturated heterocycles. The maximum Gasteiger partial charge on any atom is 0.407 e. The third-order valence-corrected chi connectivity index (χ3v) is 9.33. The average molecular weight is 657 g/mol. The second-order valence-electron chi connectivity index (χ2n) is 14.1. The molecular weight excluding hydrogens is 608 g/mol. The largest absolute Gasteiger partial charge is 0.444 e. The maximum absolute atomic E-state index is 15.0. The molecule has 3 atom stereocenters. The van der Waals surface area contributed by atoms with Crippen molar-refractivity contribution >= 4 is 17.7 Å². The van der Waals surface area contributed by atoms with Crippen LogP contribution in [0, 0.1) is 5.92 Å². The van der Waals surface area contributed by atoms with Gasteiger partial charge in [0.1, 0.15) is 5.60 Å². The van der Waals surface area contributed by atoms with Crippen LogP contribution in [0.4, 0.5) is 10.5 Å². The van der Waals surface area contributed by atoms with Gasteiger partial charge in [0.25, 0.3) is 0 Å². The highest BCUT2D eigenvalue weighted by molar-refractivity contribution is 5.85. The summed E-state index contributed by atoms with van der Waals surface area (Å²) >= 11 is 0. The lowest BCUT2D eigenvalue weighted by Crippen LogP contribution is -2.57. The van der Waals surface area contributed by atoms with Crippen LogP contribution in [0.2, 0.25) is 0 Å². The summed E-state index contributed by atoms with van der Waals surface area (Å²) in [5, 5.41) is 2.94. The molecular formula is C42H48N4O3. The summed E-state index contributed by atoms with van der Waals surface area (Å²) in [5.74, 6) is -0.228. The van der Waals surface area contributed by atoms with Gasteiger partial charge in [-0.25, -0.2) is 4.79 Å². The van der Waals surface area contributed by atoms with E-state index in [1.54, 1.807) is 0 Å². The fourth-order valence-corrected chi connectivity index (χ4v) is 7.19. The van der Waals surface area contributed by atoms with Gasteiger partial charge in [-0.3, -0.25) is 9.69 Å². The molecule has 2 aliphatic heterocycles. The van der Waals surface area contributed by atoms with Gasteiger partial charge in [0.05, 0.1) is 12.0 Å². The molecule has 0 aromatic heterocycles.